The first kappa shape index (κ1) is 16.2. The molecule has 1 saturated carbocycles. The fraction of sp³-hybridized carbons (Fsp3) is 0.611. The highest BCUT2D eigenvalue weighted by molar-refractivity contribution is 5.88. The van der Waals surface area contributed by atoms with Crippen molar-refractivity contribution in [2.45, 2.75) is 51.6 Å². The van der Waals surface area contributed by atoms with Crippen LogP contribution in [-0.4, -0.2) is 43.6 Å². The first-order chi connectivity index (χ1) is 12.1. The number of carbonyl (C=O) groups is 1. The Kier molecular flexibility index (Phi) is 4.23. The van der Waals surface area contributed by atoms with E-state index < -0.39 is 0 Å². The van der Waals surface area contributed by atoms with Crippen molar-refractivity contribution in [2.75, 3.05) is 18.4 Å². The van der Waals surface area contributed by atoms with Crippen LogP contribution in [0.5, 0.6) is 0 Å². The quantitative estimate of drug-likeness (QED) is 0.927. The van der Waals surface area contributed by atoms with Crippen LogP contribution in [0.4, 0.5) is 10.6 Å². The maximum absolute atomic E-state index is 12.8. The predicted molar refractivity (Wildman–Crippen MR) is 95.5 cm³/mol. The average molecular weight is 342 g/mol. The molecule has 4 rings (SSSR count). The molecule has 134 valence electrons. The van der Waals surface area contributed by atoms with Gasteiger partial charge in [0.25, 0.3) is 0 Å². The van der Waals surface area contributed by atoms with Gasteiger partial charge in [0, 0.05) is 25.4 Å². The molecule has 1 N–H and O–H groups in total. The number of amides is 2. The second-order valence-corrected chi connectivity index (χ2v) is 7.41. The zero-order valence-corrected chi connectivity index (χ0v) is 14.9. The summed E-state index contributed by atoms with van der Waals surface area (Å²) in [6.07, 6.45) is 10.3. The monoisotopic (exact) mass is 342 g/mol. The van der Waals surface area contributed by atoms with E-state index in [2.05, 4.69) is 28.6 Å². The lowest BCUT2D eigenvalue weighted by atomic mass is 10.1. The first-order valence-electron chi connectivity index (χ1n) is 9.22. The third-order valence-electron chi connectivity index (χ3n) is 5.38. The summed E-state index contributed by atoms with van der Waals surface area (Å²) < 4.78 is 3.95. The average Bonchev–Trinajstić information content (AvgIpc) is 3.22. The molecule has 3 heterocycles. The lowest BCUT2D eigenvalue weighted by Crippen LogP contribution is -2.43. The van der Waals surface area contributed by atoms with Crippen molar-refractivity contribution in [1.82, 2.24) is 24.5 Å². The molecule has 7 nitrogen and oxygen atoms in total. The van der Waals surface area contributed by atoms with Gasteiger partial charge in [-0.1, -0.05) is 0 Å². The van der Waals surface area contributed by atoms with Gasteiger partial charge in [0.05, 0.1) is 24.5 Å². The largest absolute Gasteiger partial charge is 0.323 e. The molecule has 2 fully saturated rings. The zero-order valence-electron chi connectivity index (χ0n) is 14.9. The van der Waals surface area contributed by atoms with Gasteiger partial charge >= 0.3 is 6.03 Å². The van der Waals surface area contributed by atoms with E-state index >= 15 is 0 Å². The summed E-state index contributed by atoms with van der Waals surface area (Å²) >= 11 is 0. The highest BCUT2D eigenvalue weighted by Crippen LogP contribution is 2.40. The summed E-state index contributed by atoms with van der Waals surface area (Å²) in [6.45, 7) is 5.70. The van der Waals surface area contributed by atoms with Crippen molar-refractivity contribution in [1.29, 1.82) is 0 Å². The number of nitrogens with zero attached hydrogens (tertiary/aromatic N) is 5. The Bertz CT molecular complexity index is 746. The molecule has 0 bridgehead atoms. The Balaban J connectivity index is 1.42. The summed E-state index contributed by atoms with van der Waals surface area (Å²) in [5.74, 6) is 1.49. The fourth-order valence-corrected chi connectivity index (χ4v) is 3.69. The summed E-state index contributed by atoms with van der Waals surface area (Å²) in [7, 11) is 0. The van der Waals surface area contributed by atoms with Gasteiger partial charge in [0.2, 0.25) is 0 Å². The Morgan fingerprint density at radius 1 is 1.32 bits per heavy atom. The maximum Gasteiger partial charge on any atom is 0.323 e. The number of nitrogens with one attached hydrogen (secondary N) is 1. The fourth-order valence-electron chi connectivity index (χ4n) is 3.69. The van der Waals surface area contributed by atoms with Crippen molar-refractivity contribution in [3.63, 3.8) is 0 Å². The molecule has 0 radical (unpaired) electrons. The standard InChI is InChI=1S/C18H26N6O/c1-13-10-20-23(11-13)16-4-3-9-22(12-16)18(25)21-17-7-8-19-24(17)14(2)15-5-6-15/h7-8,10-11,14-16H,3-6,9,12H2,1-2H3,(H,21,25)/t14-,16-/m0/s1. The van der Waals surface area contributed by atoms with E-state index in [1.54, 1.807) is 6.20 Å². The number of urea groups is 1. The second-order valence-electron chi connectivity index (χ2n) is 7.41. The Morgan fingerprint density at radius 3 is 2.88 bits per heavy atom. The molecule has 0 spiro atoms. The SMILES string of the molecule is Cc1cnn([C@H]2CCCN(C(=O)Nc3ccnn3[C@@H](C)C3CC3)C2)c1. The van der Waals surface area contributed by atoms with Crippen LogP contribution in [-0.2, 0) is 0 Å². The lowest BCUT2D eigenvalue weighted by molar-refractivity contribution is 0.174. The summed E-state index contributed by atoms with van der Waals surface area (Å²) in [6, 6.07) is 2.43. The van der Waals surface area contributed by atoms with Crippen LogP contribution in [0.25, 0.3) is 0 Å². The van der Waals surface area contributed by atoms with E-state index in [0.717, 1.165) is 30.8 Å². The Labute approximate surface area is 148 Å². The number of piperidine rings is 1. The van der Waals surface area contributed by atoms with Crippen LogP contribution in [0.15, 0.2) is 24.7 Å². The third-order valence-corrected chi connectivity index (χ3v) is 5.38. The highest BCUT2D eigenvalue weighted by Gasteiger charge is 2.31. The molecule has 1 aliphatic heterocycles. The van der Waals surface area contributed by atoms with Crippen molar-refractivity contribution in [2.24, 2.45) is 5.92 Å². The summed E-state index contributed by atoms with van der Waals surface area (Å²) in [5.41, 5.74) is 1.15. The molecule has 0 unspecified atom stereocenters. The number of hydrogen-bond acceptors (Lipinski definition) is 3. The molecule has 2 atom stereocenters. The van der Waals surface area contributed by atoms with Gasteiger partial charge in [-0.05, 0) is 51.0 Å². The molecule has 2 aromatic rings. The number of rotatable bonds is 4. The van der Waals surface area contributed by atoms with Crippen LogP contribution >= 0.6 is 0 Å². The number of carbonyl (C=O) groups excluding carboxylic acids is 1. The van der Waals surface area contributed by atoms with E-state index in [9.17, 15) is 4.79 Å². The molecular formula is C18H26N6O. The highest BCUT2D eigenvalue weighted by atomic mass is 16.2. The van der Waals surface area contributed by atoms with E-state index in [1.165, 1.54) is 12.8 Å². The van der Waals surface area contributed by atoms with Crippen LogP contribution in [0.1, 0.15) is 50.3 Å². The minimum absolute atomic E-state index is 0.0432. The smallest absolute Gasteiger partial charge is 0.322 e. The molecule has 2 aliphatic rings. The van der Waals surface area contributed by atoms with E-state index in [0.29, 0.717) is 18.5 Å². The molecule has 7 heteroatoms. The molecule has 25 heavy (non-hydrogen) atoms. The maximum atomic E-state index is 12.8. The Hall–Kier alpha value is -2.31. The van der Waals surface area contributed by atoms with Gasteiger partial charge in [-0.25, -0.2) is 9.48 Å². The van der Waals surface area contributed by atoms with Crippen LogP contribution in [0.3, 0.4) is 0 Å². The first-order valence-corrected chi connectivity index (χ1v) is 9.22. The van der Waals surface area contributed by atoms with E-state index in [-0.39, 0.29) is 12.1 Å². The van der Waals surface area contributed by atoms with Crippen molar-refractivity contribution < 1.29 is 4.79 Å². The van der Waals surface area contributed by atoms with Crippen LogP contribution < -0.4 is 5.32 Å². The number of aryl methyl sites for hydroxylation is 1. The number of anilines is 1. The minimum Gasteiger partial charge on any atom is -0.322 e. The van der Waals surface area contributed by atoms with Crippen molar-refractivity contribution >= 4 is 11.8 Å². The van der Waals surface area contributed by atoms with Gasteiger partial charge in [-0.15, -0.1) is 0 Å². The normalized spacial score (nSPS) is 22.0. The van der Waals surface area contributed by atoms with Gasteiger partial charge < -0.3 is 4.90 Å². The molecule has 2 aromatic heterocycles. The van der Waals surface area contributed by atoms with E-state index in [4.69, 9.17) is 0 Å². The molecule has 1 aliphatic carbocycles. The minimum atomic E-state index is -0.0432. The van der Waals surface area contributed by atoms with Crippen LogP contribution in [0.2, 0.25) is 0 Å². The summed E-state index contributed by atoms with van der Waals surface area (Å²) in [5, 5.41) is 11.9. The van der Waals surface area contributed by atoms with Gasteiger partial charge in [-0.3, -0.25) is 10.00 Å². The third kappa shape index (κ3) is 3.41. The Morgan fingerprint density at radius 2 is 2.16 bits per heavy atom. The second kappa shape index (κ2) is 6.54. The molecule has 0 aromatic carbocycles. The van der Waals surface area contributed by atoms with Crippen molar-refractivity contribution in [3.05, 3.63) is 30.2 Å². The number of likely N-dealkylation sites (tertiary alicyclic amines) is 1. The lowest BCUT2D eigenvalue weighted by Gasteiger charge is -2.33. The van der Waals surface area contributed by atoms with Gasteiger partial charge in [0.15, 0.2) is 0 Å². The topological polar surface area (TPSA) is 68.0 Å². The van der Waals surface area contributed by atoms with Crippen molar-refractivity contribution in [3.8, 4) is 0 Å². The number of aromatic nitrogens is 4. The molecule has 2 amide bonds. The van der Waals surface area contributed by atoms with Crippen LogP contribution in [0, 0.1) is 12.8 Å². The van der Waals surface area contributed by atoms with Gasteiger partial charge in [-0.2, -0.15) is 10.2 Å². The molecular weight excluding hydrogens is 316 g/mol. The number of hydrogen-bond donors (Lipinski definition) is 1. The predicted octanol–water partition coefficient (Wildman–Crippen LogP) is 3.23. The zero-order chi connectivity index (χ0) is 17.4. The summed E-state index contributed by atoms with van der Waals surface area (Å²) in [4.78, 5) is 14.6. The molecule has 1 saturated heterocycles. The van der Waals surface area contributed by atoms with E-state index in [1.807, 2.05) is 33.5 Å². The van der Waals surface area contributed by atoms with Gasteiger partial charge in [0.1, 0.15) is 5.82 Å².